The summed E-state index contributed by atoms with van der Waals surface area (Å²) in [6, 6.07) is 11.3. The number of aryl methyl sites for hydroxylation is 1. The Morgan fingerprint density at radius 3 is 2.37 bits per heavy atom. The van der Waals surface area contributed by atoms with Gasteiger partial charge in [-0.15, -0.1) is 0 Å². The predicted molar refractivity (Wildman–Crippen MR) is 107 cm³/mol. The van der Waals surface area contributed by atoms with Gasteiger partial charge in [0.2, 0.25) is 5.78 Å². The summed E-state index contributed by atoms with van der Waals surface area (Å²) in [5.41, 5.74) is 1.32. The molecule has 0 aliphatic carbocycles. The molecular formula is C23H18O7. The molecule has 0 atom stereocenters. The molecule has 7 heteroatoms. The number of allylic oxidation sites excluding steroid dienone is 1. The Kier molecular flexibility index (Phi) is 5.02. The maximum absolute atomic E-state index is 12.7. The minimum Gasteiger partial charge on any atom is -0.497 e. The number of carbonyl (C=O) groups excluding carboxylic acids is 2. The molecule has 30 heavy (non-hydrogen) atoms. The second-order valence-corrected chi connectivity index (χ2v) is 6.56. The molecule has 0 spiro atoms. The minimum absolute atomic E-state index is 0.143. The SMILES string of the molecule is COc1cc(OC)cc(C(=O)Oc2cc(C)c3c(c2)O/C(=C\c2ccco2)C3=O)c1. The van der Waals surface area contributed by atoms with Crippen LogP contribution in [0.25, 0.3) is 6.08 Å². The average molecular weight is 406 g/mol. The van der Waals surface area contributed by atoms with Gasteiger partial charge in [-0.3, -0.25) is 4.79 Å². The van der Waals surface area contributed by atoms with Crippen LogP contribution in [0.3, 0.4) is 0 Å². The minimum atomic E-state index is -0.595. The van der Waals surface area contributed by atoms with Crippen LogP contribution in [-0.4, -0.2) is 26.0 Å². The summed E-state index contributed by atoms with van der Waals surface area (Å²) in [4.78, 5) is 25.3. The number of Topliss-reactive ketones (excluding diaryl/α,β-unsaturated/α-hetero) is 1. The van der Waals surface area contributed by atoms with Crippen molar-refractivity contribution in [1.82, 2.24) is 0 Å². The van der Waals surface area contributed by atoms with Crippen LogP contribution < -0.4 is 18.9 Å². The van der Waals surface area contributed by atoms with Gasteiger partial charge in [0.25, 0.3) is 0 Å². The topological polar surface area (TPSA) is 84.2 Å². The first kappa shape index (κ1) is 19.3. The highest BCUT2D eigenvalue weighted by Gasteiger charge is 2.30. The van der Waals surface area contributed by atoms with Crippen LogP contribution in [0.1, 0.15) is 32.0 Å². The summed E-state index contributed by atoms with van der Waals surface area (Å²) in [7, 11) is 2.99. The zero-order chi connectivity index (χ0) is 21.3. The number of methoxy groups -OCH3 is 2. The number of ketones is 1. The normalized spacial score (nSPS) is 13.7. The average Bonchev–Trinajstić information content (AvgIpc) is 3.36. The summed E-state index contributed by atoms with van der Waals surface area (Å²) in [5, 5.41) is 0. The third-order valence-electron chi connectivity index (χ3n) is 4.56. The molecule has 7 nitrogen and oxygen atoms in total. The largest absolute Gasteiger partial charge is 0.497 e. The lowest BCUT2D eigenvalue weighted by Crippen LogP contribution is -2.09. The van der Waals surface area contributed by atoms with E-state index >= 15 is 0 Å². The molecule has 2 aromatic carbocycles. The van der Waals surface area contributed by atoms with Gasteiger partial charge in [-0.2, -0.15) is 0 Å². The van der Waals surface area contributed by atoms with Crippen LogP contribution in [0.5, 0.6) is 23.0 Å². The van der Waals surface area contributed by atoms with Crippen LogP contribution in [0.2, 0.25) is 0 Å². The van der Waals surface area contributed by atoms with Crippen molar-refractivity contribution >= 4 is 17.8 Å². The Balaban J connectivity index is 1.61. The Morgan fingerprint density at radius 2 is 1.73 bits per heavy atom. The maximum Gasteiger partial charge on any atom is 0.343 e. The number of furan rings is 1. The first-order valence-corrected chi connectivity index (χ1v) is 9.06. The number of hydrogen-bond acceptors (Lipinski definition) is 7. The Labute approximate surface area is 172 Å². The van der Waals surface area contributed by atoms with Crippen molar-refractivity contribution in [2.24, 2.45) is 0 Å². The molecule has 152 valence electrons. The van der Waals surface area contributed by atoms with Gasteiger partial charge >= 0.3 is 5.97 Å². The van der Waals surface area contributed by atoms with Gasteiger partial charge in [0.15, 0.2) is 5.76 Å². The van der Waals surface area contributed by atoms with Crippen molar-refractivity contribution < 1.29 is 33.0 Å². The summed E-state index contributed by atoms with van der Waals surface area (Å²) in [6.07, 6.45) is 3.03. The number of benzene rings is 2. The molecule has 0 amide bonds. The number of esters is 1. The summed E-state index contributed by atoms with van der Waals surface area (Å²) < 4.78 is 26.8. The van der Waals surface area contributed by atoms with Gasteiger partial charge in [-0.1, -0.05) is 0 Å². The van der Waals surface area contributed by atoms with Gasteiger partial charge in [0.1, 0.15) is 28.8 Å². The van der Waals surface area contributed by atoms with E-state index in [-0.39, 0.29) is 22.9 Å². The van der Waals surface area contributed by atoms with E-state index in [0.29, 0.717) is 34.1 Å². The van der Waals surface area contributed by atoms with Crippen molar-refractivity contribution in [3.8, 4) is 23.0 Å². The lowest BCUT2D eigenvalue weighted by atomic mass is 10.0. The highest BCUT2D eigenvalue weighted by Crippen LogP contribution is 2.38. The Bertz CT molecular complexity index is 1130. The lowest BCUT2D eigenvalue weighted by Gasteiger charge is -2.10. The smallest absolute Gasteiger partial charge is 0.343 e. The van der Waals surface area contributed by atoms with Crippen LogP contribution in [-0.2, 0) is 0 Å². The van der Waals surface area contributed by atoms with E-state index in [0.717, 1.165) is 0 Å². The quantitative estimate of drug-likeness (QED) is 0.352. The number of fused-ring (bicyclic) bond motifs is 1. The van der Waals surface area contributed by atoms with Crippen molar-refractivity contribution in [3.63, 3.8) is 0 Å². The third kappa shape index (κ3) is 3.65. The van der Waals surface area contributed by atoms with Gasteiger partial charge in [-0.05, 0) is 42.8 Å². The van der Waals surface area contributed by atoms with Gasteiger partial charge < -0.3 is 23.4 Å². The van der Waals surface area contributed by atoms with Gasteiger partial charge in [0.05, 0.1) is 31.6 Å². The van der Waals surface area contributed by atoms with Crippen molar-refractivity contribution in [3.05, 3.63) is 76.9 Å². The van der Waals surface area contributed by atoms with E-state index < -0.39 is 5.97 Å². The number of rotatable bonds is 5. The Morgan fingerprint density at radius 1 is 1.00 bits per heavy atom. The van der Waals surface area contributed by atoms with E-state index in [9.17, 15) is 9.59 Å². The van der Waals surface area contributed by atoms with E-state index in [1.807, 2.05) is 0 Å². The number of carbonyl (C=O) groups is 2. The summed E-state index contributed by atoms with van der Waals surface area (Å²) in [5.74, 6) is 1.30. The van der Waals surface area contributed by atoms with Crippen LogP contribution in [0.4, 0.5) is 0 Å². The van der Waals surface area contributed by atoms with E-state index in [4.69, 9.17) is 23.4 Å². The highest BCUT2D eigenvalue weighted by molar-refractivity contribution is 6.15. The van der Waals surface area contributed by atoms with E-state index in [1.165, 1.54) is 32.6 Å². The summed E-state index contributed by atoms with van der Waals surface area (Å²) >= 11 is 0. The van der Waals surface area contributed by atoms with Gasteiger partial charge in [-0.25, -0.2) is 4.79 Å². The standard InChI is InChI=1S/C23H18O7/c1-13-7-18(29-23(25)14-8-16(26-2)10-17(9-14)27-3)12-19-21(13)22(24)20(30-19)11-15-5-4-6-28-15/h4-12H,1-3H3/b20-11-. The predicted octanol–water partition coefficient (Wildman–Crippen LogP) is 4.44. The van der Waals surface area contributed by atoms with Crippen LogP contribution in [0, 0.1) is 6.92 Å². The van der Waals surface area contributed by atoms with Crippen LogP contribution >= 0.6 is 0 Å². The molecule has 0 radical (unpaired) electrons. The van der Waals surface area contributed by atoms with Crippen molar-refractivity contribution in [1.29, 1.82) is 0 Å². The second kappa shape index (κ2) is 7.79. The van der Waals surface area contributed by atoms with Gasteiger partial charge in [0, 0.05) is 18.2 Å². The third-order valence-corrected chi connectivity index (χ3v) is 4.56. The fraction of sp³-hybridized carbons (Fsp3) is 0.130. The fourth-order valence-corrected chi connectivity index (χ4v) is 3.13. The fourth-order valence-electron chi connectivity index (χ4n) is 3.13. The summed E-state index contributed by atoms with van der Waals surface area (Å²) in [6.45, 7) is 1.75. The molecule has 2 heterocycles. The molecule has 0 saturated heterocycles. The Hall–Kier alpha value is -4.00. The van der Waals surface area contributed by atoms with Crippen molar-refractivity contribution in [2.75, 3.05) is 14.2 Å². The molecule has 4 rings (SSSR count). The number of hydrogen-bond donors (Lipinski definition) is 0. The zero-order valence-electron chi connectivity index (χ0n) is 16.6. The second-order valence-electron chi connectivity index (χ2n) is 6.56. The molecule has 0 unspecified atom stereocenters. The zero-order valence-corrected chi connectivity index (χ0v) is 16.6. The lowest BCUT2D eigenvalue weighted by molar-refractivity contribution is 0.0733. The monoisotopic (exact) mass is 406 g/mol. The number of ether oxygens (including phenoxy) is 4. The molecule has 0 fully saturated rings. The van der Waals surface area contributed by atoms with E-state index in [1.54, 1.807) is 43.3 Å². The van der Waals surface area contributed by atoms with Crippen molar-refractivity contribution in [2.45, 2.75) is 6.92 Å². The maximum atomic E-state index is 12.7. The van der Waals surface area contributed by atoms with E-state index in [2.05, 4.69) is 0 Å². The van der Waals surface area contributed by atoms with Crippen LogP contribution in [0.15, 0.2) is 58.9 Å². The first-order chi connectivity index (χ1) is 14.5. The molecule has 3 aromatic rings. The highest BCUT2D eigenvalue weighted by atomic mass is 16.5. The molecular weight excluding hydrogens is 388 g/mol. The molecule has 0 saturated carbocycles. The molecule has 1 aliphatic rings. The first-order valence-electron chi connectivity index (χ1n) is 9.06. The molecule has 1 aromatic heterocycles. The molecule has 1 aliphatic heterocycles. The molecule has 0 bridgehead atoms. The molecule has 0 N–H and O–H groups in total.